The van der Waals surface area contributed by atoms with Crippen molar-refractivity contribution in [3.63, 3.8) is 0 Å². The number of nitrogens with zero attached hydrogens (tertiary/aromatic N) is 1. The van der Waals surface area contributed by atoms with Crippen molar-refractivity contribution in [3.8, 4) is 11.3 Å². The lowest BCUT2D eigenvalue weighted by molar-refractivity contribution is 0.0939. The first kappa shape index (κ1) is 18.2. The molecule has 3 aromatic rings. The first-order valence-corrected chi connectivity index (χ1v) is 8.85. The summed E-state index contributed by atoms with van der Waals surface area (Å²) in [5, 5.41) is 7.63. The van der Waals surface area contributed by atoms with Gasteiger partial charge >= 0.3 is 0 Å². The second-order valence-electron chi connectivity index (χ2n) is 6.50. The van der Waals surface area contributed by atoms with Crippen molar-refractivity contribution >= 4 is 17.5 Å². The number of hydrogen-bond acceptors (Lipinski definition) is 3. The minimum atomic E-state index is -0.230. The first-order chi connectivity index (χ1) is 12.4. The zero-order valence-electron chi connectivity index (χ0n) is 15.3. The van der Waals surface area contributed by atoms with E-state index >= 15 is 0 Å². The van der Waals surface area contributed by atoms with Gasteiger partial charge in [-0.15, -0.1) is 0 Å². The van der Waals surface area contributed by atoms with Crippen molar-refractivity contribution in [2.45, 2.75) is 33.7 Å². The average Bonchev–Trinajstić information content (AvgIpc) is 2.96. The fourth-order valence-electron chi connectivity index (χ4n) is 3.13. The van der Waals surface area contributed by atoms with Crippen LogP contribution >= 0.6 is 11.6 Å². The van der Waals surface area contributed by atoms with Crippen LogP contribution in [0.3, 0.4) is 0 Å². The Bertz CT molecular complexity index is 962. The molecule has 0 saturated heterocycles. The molecule has 5 heteroatoms. The summed E-state index contributed by atoms with van der Waals surface area (Å²) in [5.74, 6) is 0.233. The van der Waals surface area contributed by atoms with Crippen molar-refractivity contribution in [1.82, 2.24) is 10.5 Å². The highest BCUT2D eigenvalue weighted by molar-refractivity contribution is 6.33. The lowest BCUT2D eigenvalue weighted by atomic mass is 9.99. The molecule has 0 aliphatic carbocycles. The Hall–Kier alpha value is -2.59. The predicted octanol–water partition coefficient (Wildman–Crippen LogP) is 5.41. The molecule has 0 bridgehead atoms. The maximum atomic E-state index is 12.9. The van der Waals surface area contributed by atoms with Gasteiger partial charge in [-0.05, 0) is 44.9 Å². The normalized spacial score (nSPS) is 12.0. The van der Waals surface area contributed by atoms with Gasteiger partial charge < -0.3 is 9.84 Å². The molecular weight excluding hydrogens is 348 g/mol. The number of hydrogen-bond donors (Lipinski definition) is 1. The van der Waals surface area contributed by atoms with E-state index in [1.165, 1.54) is 5.56 Å². The Morgan fingerprint density at radius 2 is 1.88 bits per heavy atom. The summed E-state index contributed by atoms with van der Waals surface area (Å²) in [6.07, 6.45) is 0. The van der Waals surface area contributed by atoms with Gasteiger partial charge in [-0.1, -0.05) is 58.7 Å². The molecule has 0 spiro atoms. The van der Waals surface area contributed by atoms with E-state index in [1.54, 1.807) is 13.0 Å². The van der Waals surface area contributed by atoms with E-state index < -0.39 is 0 Å². The molecule has 3 rings (SSSR count). The standard InChI is InChI=1S/C21H21ClN2O2/c1-12-9-10-16(13(2)11-12)14(3)23-21(25)19-15(4)26-24-20(19)17-7-5-6-8-18(17)22/h5-11,14H,1-4H3,(H,23,25)/t14-/m1/s1. The minimum absolute atomic E-state index is 0.142. The van der Waals surface area contributed by atoms with Gasteiger partial charge in [0.15, 0.2) is 0 Å². The second-order valence-corrected chi connectivity index (χ2v) is 6.90. The van der Waals surface area contributed by atoms with Crippen LogP contribution in [0.15, 0.2) is 47.0 Å². The van der Waals surface area contributed by atoms with Gasteiger partial charge in [-0.2, -0.15) is 0 Å². The molecule has 1 heterocycles. The van der Waals surface area contributed by atoms with E-state index in [2.05, 4.69) is 23.5 Å². The van der Waals surface area contributed by atoms with Crippen LogP contribution in [0.4, 0.5) is 0 Å². The molecule has 0 aliphatic heterocycles. The van der Waals surface area contributed by atoms with Gasteiger partial charge in [-0.25, -0.2) is 0 Å². The molecule has 1 N–H and O–H groups in total. The third kappa shape index (κ3) is 3.51. The van der Waals surface area contributed by atoms with Crippen LogP contribution in [-0.4, -0.2) is 11.1 Å². The molecule has 4 nitrogen and oxygen atoms in total. The Balaban J connectivity index is 1.91. The van der Waals surface area contributed by atoms with Gasteiger partial charge in [0.05, 0.1) is 11.1 Å². The van der Waals surface area contributed by atoms with E-state index in [-0.39, 0.29) is 11.9 Å². The summed E-state index contributed by atoms with van der Waals surface area (Å²) in [7, 11) is 0. The molecule has 0 saturated carbocycles. The summed E-state index contributed by atoms with van der Waals surface area (Å²) in [5.41, 5.74) is 4.97. The highest BCUT2D eigenvalue weighted by atomic mass is 35.5. The highest BCUT2D eigenvalue weighted by Gasteiger charge is 2.24. The van der Waals surface area contributed by atoms with E-state index in [4.69, 9.17) is 16.1 Å². The second kappa shape index (κ2) is 7.34. The van der Waals surface area contributed by atoms with E-state index in [1.807, 2.05) is 44.2 Å². The Kier molecular flexibility index (Phi) is 5.14. The maximum Gasteiger partial charge on any atom is 0.257 e. The Morgan fingerprint density at radius 1 is 1.15 bits per heavy atom. The third-order valence-corrected chi connectivity index (χ3v) is 4.79. The number of amides is 1. The minimum Gasteiger partial charge on any atom is -0.360 e. The topological polar surface area (TPSA) is 55.1 Å². The van der Waals surface area contributed by atoms with Gasteiger partial charge in [0.1, 0.15) is 17.0 Å². The number of rotatable bonds is 4. The van der Waals surface area contributed by atoms with Gasteiger partial charge in [-0.3, -0.25) is 4.79 Å². The number of aromatic nitrogens is 1. The molecule has 1 aromatic heterocycles. The molecule has 1 atom stereocenters. The number of carbonyl (C=O) groups excluding carboxylic acids is 1. The highest BCUT2D eigenvalue weighted by Crippen LogP contribution is 2.31. The maximum absolute atomic E-state index is 12.9. The Morgan fingerprint density at radius 3 is 2.58 bits per heavy atom. The summed E-state index contributed by atoms with van der Waals surface area (Å²) in [6.45, 7) is 7.79. The van der Waals surface area contributed by atoms with Crippen molar-refractivity contribution in [2.75, 3.05) is 0 Å². The lowest BCUT2D eigenvalue weighted by Gasteiger charge is -2.17. The number of carbonyl (C=O) groups is 1. The smallest absolute Gasteiger partial charge is 0.257 e. The molecule has 0 radical (unpaired) electrons. The molecule has 0 fully saturated rings. The molecule has 1 amide bonds. The monoisotopic (exact) mass is 368 g/mol. The van der Waals surface area contributed by atoms with Crippen LogP contribution < -0.4 is 5.32 Å². The SMILES string of the molecule is Cc1ccc([C@@H](C)NC(=O)c2c(-c3ccccc3Cl)noc2C)c(C)c1. The van der Waals surface area contributed by atoms with Crippen molar-refractivity contribution in [1.29, 1.82) is 0 Å². The summed E-state index contributed by atoms with van der Waals surface area (Å²) >= 11 is 6.27. The largest absolute Gasteiger partial charge is 0.360 e. The molecule has 134 valence electrons. The van der Waals surface area contributed by atoms with Crippen LogP contribution in [-0.2, 0) is 0 Å². The van der Waals surface area contributed by atoms with Gasteiger partial charge in [0.25, 0.3) is 5.91 Å². The molecule has 2 aromatic carbocycles. The van der Waals surface area contributed by atoms with E-state index in [9.17, 15) is 4.79 Å². The van der Waals surface area contributed by atoms with Crippen LogP contribution in [0.25, 0.3) is 11.3 Å². The van der Waals surface area contributed by atoms with Crippen LogP contribution in [0.2, 0.25) is 5.02 Å². The molecule has 0 aliphatic rings. The number of benzene rings is 2. The zero-order valence-corrected chi connectivity index (χ0v) is 16.0. The fourth-order valence-corrected chi connectivity index (χ4v) is 3.36. The lowest BCUT2D eigenvalue weighted by Crippen LogP contribution is -2.27. The van der Waals surface area contributed by atoms with Gasteiger partial charge in [0.2, 0.25) is 0 Å². The van der Waals surface area contributed by atoms with E-state index in [0.717, 1.165) is 11.1 Å². The zero-order chi connectivity index (χ0) is 18.8. The quantitative estimate of drug-likeness (QED) is 0.669. The molecule has 0 unspecified atom stereocenters. The van der Waals surface area contributed by atoms with Crippen molar-refractivity contribution in [2.24, 2.45) is 0 Å². The fraction of sp³-hybridized carbons (Fsp3) is 0.238. The van der Waals surface area contributed by atoms with E-state index in [0.29, 0.717) is 27.6 Å². The molecular formula is C21H21ClN2O2. The average molecular weight is 369 g/mol. The summed E-state index contributed by atoms with van der Waals surface area (Å²) in [6, 6.07) is 13.3. The summed E-state index contributed by atoms with van der Waals surface area (Å²) < 4.78 is 5.28. The number of halogens is 1. The van der Waals surface area contributed by atoms with Crippen LogP contribution in [0, 0.1) is 20.8 Å². The molecule has 26 heavy (non-hydrogen) atoms. The van der Waals surface area contributed by atoms with Crippen LogP contribution in [0.5, 0.6) is 0 Å². The van der Waals surface area contributed by atoms with Crippen LogP contribution in [0.1, 0.15) is 45.8 Å². The van der Waals surface area contributed by atoms with Crippen molar-refractivity contribution in [3.05, 3.63) is 75.5 Å². The first-order valence-electron chi connectivity index (χ1n) is 8.47. The number of aryl methyl sites for hydroxylation is 3. The van der Waals surface area contributed by atoms with Gasteiger partial charge in [0, 0.05) is 5.56 Å². The Labute approximate surface area is 158 Å². The summed E-state index contributed by atoms with van der Waals surface area (Å²) in [4.78, 5) is 12.9. The third-order valence-electron chi connectivity index (χ3n) is 4.46. The van der Waals surface area contributed by atoms with Crippen molar-refractivity contribution < 1.29 is 9.32 Å². The predicted molar refractivity (Wildman–Crippen MR) is 103 cm³/mol. The number of nitrogens with one attached hydrogen (secondary N) is 1.